The van der Waals surface area contributed by atoms with E-state index in [1.165, 1.54) is 6.08 Å². The van der Waals surface area contributed by atoms with Crippen LogP contribution in [0, 0.1) is 0 Å². The highest BCUT2D eigenvalue weighted by molar-refractivity contribution is 5.82. The summed E-state index contributed by atoms with van der Waals surface area (Å²) in [7, 11) is 0. The molecule has 0 aromatic rings. The normalized spacial score (nSPS) is 32.6. The topological polar surface area (TPSA) is 77.5 Å². The maximum atomic E-state index is 11.5. The summed E-state index contributed by atoms with van der Waals surface area (Å²) in [4.78, 5) is 11.5. The number of ether oxygens (including phenoxy) is 4. The van der Waals surface area contributed by atoms with Gasteiger partial charge in [0, 0.05) is 12.5 Å². The molecule has 6 heteroatoms. The minimum atomic E-state index is -0.650. The number of aliphatic hydroxyl groups excluding tert-OH is 1. The third-order valence-corrected chi connectivity index (χ3v) is 3.36. The van der Waals surface area contributed by atoms with Crippen molar-refractivity contribution in [3.63, 3.8) is 0 Å². The number of rotatable bonds is 6. The predicted molar refractivity (Wildman–Crippen MR) is 78.9 cm³/mol. The lowest BCUT2D eigenvalue weighted by Crippen LogP contribution is -2.40. The molecule has 1 N–H and O–H groups in total. The molecule has 0 aromatic carbocycles. The smallest absolute Gasteiger partial charge is 0.330 e. The molecule has 2 saturated heterocycles. The average molecular weight is 314 g/mol. The highest BCUT2D eigenvalue weighted by Gasteiger charge is 2.50. The number of hydrogen-bond acceptors (Lipinski definition) is 6. The third kappa shape index (κ3) is 5.68. The molecule has 2 fully saturated rings. The molecule has 0 radical (unpaired) electrons. The van der Waals surface area contributed by atoms with Gasteiger partial charge < -0.3 is 24.1 Å². The number of carbonyl (C=O) groups excluding carboxylic acids is 1. The summed E-state index contributed by atoms with van der Waals surface area (Å²) in [6, 6.07) is 0. The summed E-state index contributed by atoms with van der Waals surface area (Å²) in [5.74, 6) is -0.343. The van der Waals surface area contributed by atoms with Gasteiger partial charge in [-0.3, -0.25) is 0 Å². The van der Waals surface area contributed by atoms with Crippen LogP contribution < -0.4 is 0 Å². The van der Waals surface area contributed by atoms with E-state index < -0.39 is 18.0 Å². The van der Waals surface area contributed by atoms with Gasteiger partial charge in [0.15, 0.2) is 12.6 Å². The Balaban J connectivity index is 1.63. The Labute approximate surface area is 131 Å². The van der Waals surface area contributed by atoms with Gasteiger partial charge in [0.1, 0.15) is 17.8 Å². The molecule has 0 aliphatic carbocycles. The SMILES string of the molecule is C[C@H](CC/C=C/C(=O)OC(C)(C)C)OC1OC2O[C@@H]2CC1O. The first-order valence-electron chi connectivity index (χ1n) is 7.78. The summed E-state index contributed by atoms with van der Waals surface area (Å²) in [6.45, 7) is 7.41. The summed E-state index contributed by atoms with van der Waals surface area (Å²) >= 11 is 0. The van der Waals surface area contributed by atoms with Crippen molar-refractivity contribution < 1.29 is 28.8 Å². The van der Waals surface area contributed by atoms with Gasteiger partial charge in [-0.1, -0.05) is 6.08 Å². The van der Waals surface area contributed by atoms with Crippen molar-refractivity contribution in [3.8, 4) is 0 Å². The molecule has 22 heavy (non-hydrogen) atoms. The van der Waals surface area contributed by atoms with Crippen LogP contribution in [0.2, 0.25) is 0 Å². The van der Waals surface area contributed by atoms with E-state index in [1.54, 1.807) is 6.08 Å². The molecular formula is C16H26O6. The van der Waals surface area contributed by atoms with Crippen LogP contribution in [0.15, 0.2) is 12.2 Å². The number of allylic oxidation sites excluding steroid dienone is 1. The van der Waals surface area contributed by atoms with E-state index in [1.807, 2.05) is 27.7 Å². The highest BCUT2D eigenvalue weighted by atomic mass is 16.8. The van der Waals surface area contributed by atoms with Crippen molar-refractivity contribution in [3.05, 3.63) is 12.2 Å². The van der Waals surface area contributed by atoms with Gasteiger partial charge in [0.2, 0.25) is 0 Å². The second-order valence-corrected chi connectivity index (χ2v) is 6.81. The summed E-state index contributed by atoms with van der Waals surface area (Å²) in [5.41, 5.74) is -0.477. The number of hydrogen-bond donors (Lipinski definition) is 1. The lowest BCUT2D eigenvalue weighted by Gasteiger charge is -2.28. The molecule has 0 aromatic heterocycles. The Morgan fingerprint density at radius 1 is 1.41 bits per heavy atom. The van der Waals surface area contributed by atoms with Gasteiger partial charge in [-0.25, -0.2) is 4.79 Å². The lowest BCUT2D eigenvalue weighted by molar-refractivity contribution is -0.238. The second-order valence-electron chi connectivity index (χ2n) is 6.81. The van der Waals surface area contributed by atoms with E-state index in [4.69, 9.17) is 18.9 Å². The molecule has 0 bridgehead atoms. The zero-order chi connectivity index (χ0) is 16.3. The lowest BCUT2D eigenvalue weighted by atomic mass is 10.1. The van der Waals surface area contributed by atoms with Crippen LogP contribution in [0.3, 0.4) is 0 Å². The first kappa shape index (κ1) is 17.4. The molecule has 6 nitrogen and oxygen atoms in total. The maximum absolute atomic E-state index is 11.5. The number of aliphatic hydroxyl groups is 1. The zero-order valence-corrected chi connectivity index (χ0v) is 13.7. The molecule has 2 heterocycles. The number of fused-ring (bicyclic) bond motifs is 1. The summed E-state index contributed by atoms with van der Waals surface area (Å²) < 4.78 is 21.5. The van der Waals surface area contributed by atoms with E-state index in [-0.39, 0.29) is 24.5 Å². The number of carbonyl (C=O) groups is 1. The Kier molecular flexibility index (Phi) is 5.60. The van der Waals surface area contributed by atoms with Crippen LogP contribution >= 0.6 is 0 Å². The van der Waals surface area contributed by atoms with Crippen molar-refractivity contribution in [2.24, 2.45) is 0 Å². The van der Waals surface area contributed by atoms with E-state index in [2.05, 4.69) is 0 Å². The first-order valence-corrected chi connectivity index (χ1v) is 7.78. The molecule has 0 amide bonds. The van der Waals surface area contributed by atoms with Crippen molar-refractivity contribution in [1.82, 2.24) is 0 Å². The van der Waals surface area contributed by atoms with Gasteiger partial charge in [-0.05, 0) is 40.5 Å². The Morgan fingerprint density at radius 3 is 2.82 bits per heavy atom. The first-order chi connectivity index (χ1) is 10.2. The van der Waals surface area contributed by atoms with Gasteiger partial charge in [0.25, 0.3) is 0 Å². The van der Waals surface area contributed by atoms with Crippen LogP contribution in [0.4, 0.5) is 0 Å². The van der Waals surface area contributed by atoms with Crippen molar-refractivity contribution in [1.29, 1.82) is 0 Å². The molecule has 2 aliphatic rings. The largest absolute Gasteiger partial charge is 0.457 e. The molecule has 5 atom stereocenters. The zero-order valence-electron chi connectivity index (χ0n) is 13.7. The maximum Gasteiger partial charge on any atom is 0.330 e. The second kappa shape index (κ2) is 7.08. The van der Waals surface area contributed by atoms with E-state index in [0.717, 1.165) is 6.42 Å². The van der Waals surface area contributed by atoms with Crippen LogP contribution in [-0.4, -0.2) is 47.6 Å². The Morgan fingerprint density at radius 2 is 2.14 bits per heavy atom. The van der Waals surface area contributed by atoms with Gasteiger partial charge in [0.05, 0.1) is 6.10 Å². The number of esters is 1. The van der Waals surface area contributed by atoms with Crippen molar-refractivity contribution in [2.45, 2.75) is 83.5 Å². The predicted octanol–water partition coefficient (Wildman–Crippen LogP) is 1.90. The van der Waals surface area contributed by atoms with Gasteiger partial charge in [-0.2, -0.15) is 0 Å². The fourth-order valence-corrected chi connectivity index (χ4v) is 2.25. The minimum Gasteiger partial charge on any atom is -0.457 e. The fourth-order valence-electron chi connectivity index (χ4n) is 2.25. The molecule has 0 saturated carbocycles. The molecule has 2 aliphatic heterocycles. The third-order valence-electron chi connectivity index (χ3n) is 3.36. The van der Waals surface area contributed by atoms with Crippen LogP contribution in [0.5, 0.6) is 0 Å². The highest BCUT2D eigenvalue weighted by Crippen LogP contribution is 2.36. The standard InChI is InChI=1S/C16H26O6/c1-10(7-5-6-8-13(18)22-16(2,3)4)19-14-11(17)9-12-15(20-12)21-14/h6,8,10-12,14-15,17H,5,7,9H2,1-4H3/b8-6+/t10-,11?,12-,14?,15?/m1/s1. The Bertz CT molecular complexity index is 413. The summed E-state index contributed by atoms with van der Waals surface area (Å²) in [6.07, 6.45) is 3.62. The average Bonchev–Trinajstić information content (AvgIpc) is 3.10. The van der Waals surface area contributed by atoms with Crippen LogP contribution in [0.25, 0.3) is 0 Å². The summed E-state index contributed by atoms with van der Waals surface area (Å²) in [5, 5.41) is 9.86. The van der Waals surface area contributed by atoms with Crippen molar-refractivity contribution >= 4 is 5.97 Å². The minimum absolute atomic E-state index is 0.0296. The van der Waals surface area contributed by atoms with E-state index >= 15 is 0 Å². The molecule has 0 spiro atoms. The quantitative estimate of drug-likeness (QED) is 0.458. The Hall–Kier alpha value is -0.950. The van der Waals surface area contributed by atoms with Crippen molar-refractivity contribution in [2.75, 3.05) is 0 Å². The van der Waals surface area contributed by atoms with Gasteiger partial charge in [-0.15, -0.1) is 0 Å². The van der Waals surface area contributed by atoms with E-state index in [9.17, 15) is 9.90 Å². The molecule has 2 rings (SSSR count). The number of epoxide rings is 1. The molecule has 126 valence electrons. The fraction of sp³-hybridized carbons (Fsp3) is 0.812. The van der Waals surface area contributed by atoms with Gasteiger partial charge >= 0.3 is 5.97 Å². The molecule has 3 unspecified atom stereocenters. The van der Waals surface area contributed by atoms with Crippen LogP contribution in [-0.2, 0) is 23.7 Å². The van der Waals surface area contributed by atoms with E-state index in [0.29, 0.717) is 12.8 Å². The molecular weight excluding hydrogens is 288 g/mol. The van der Waals surface area contributed by atoms with Crippen LogP contribution in [0.1, 0.15) is 47.0 Å². The monoisotopic (exact) mass is 314 g/mol.